The number of rotatable bonds is 1. The SMILES string of the molecule is CC(=O)NC1CCC2C1CCC(C)(S)CC2(C)O. The van der Waals surface area contributed by atoms with Crippen molar-refractivity contribution in [2.75, 3.05) is 0 Å². The number of fused-ring (bicyclic) bond motifs is 1. The Bertz CT molecular complexity index is 341. The maximum absolute atomic E-state index is 11.3. The summed E-state index contributed by atoms with van der Waals surface area (Å²) in [5.41, 5.74) is -0.662. The third-order valence-corrected chi connectivity index (χ3v) is 5.15. The second kappa shape index (κ2) is 4.71. The zero-order valence-corrected chi connectivity index (χ0v) is 12.5. The molecule has 0 heterocycles. The Balaban J connectivity index is 2.18. The van der Waals surface area contributed by atoms with Gasteiger partial charge >= 0.3 is 0 Å². The van der Waals surface area contributed by atoms with Gasteiger partial charge in [-0.15, -0.1) is 0 Å². The van der Waals surface area contributed by atoms with Gasteiger partial charge in [0.15, 0.2) is 0 Å². The Morgan fingerprint density at radius 3 is 2.61 bits per heavy atom. The van der Waals surface area contributed by atoms with E-state index in [1.165, 1.54) is 0 Å². The fourth-order valence-electron chi connectivity index (χ4n) is 4.15. The highest BCUT2D eigenvalue weighted by Gasteiger charge is 2.50. The van der Waals surface area contributed by atoms with E-state index in [1.807, 2.05) is 6.92 Å². The lowest BCUT2D eigenvalue weighted by Gasteiger charge is -2.35. The number of amides is 1. The van der Waals surface area contributed by atoms with Gasteiger partial charge in [-0.2, -0.15) is 12.6 Å². The van der Waals surface area contributed by atoms with E-state index in [4.69, 9.17) is 12.6 Å². The summed E-state index contributed by atoms with van der Waals surface area (Å²) < 4.78 is -0.103. The smallest absolute Gasteiger partial charge is 0.217 e. The lowest BCUT2D eigenvalue weighted by Crippen LogP contribution is -2.43. The van der Waals surface area contributed by atoms with E-state index in [9.17, 15) is 9.90 Å². The highest BCUT2D eigenvalue weighted by Crippen LogP contribution is 2.50. The van der Waals surface area contributed by atoms with E-state index in [0.29, 0.717) is 11.8 Å². The van der Waals surface area contributed by atoms with Crippen molar-refractivity contribution >= 4 is 18.5 Å². The first kappa shape index (κ1) is 14.2. The second-order valence-corrected chi connectivity index (χ2v) is 7.80. The minimum absolute atomic E-state index is 0.0400. The molecular formula is C14H25NO2S. The molecule has 2 aliphatic carbocycles. The van der Waals surface area contributed by atoms with Crippen LogP contribution >= 0.6 is 12.6 Å². The van der Waals surface area contributed by atoms with Crippen molar-refractivity contribution in [3.05, 3.63) is 0 Å². The molecule has 2 aliphatic rings. The Labute approximate surface area is 115 Å². The fraction of sp³-hybridized carbons (Fsp3) is 0.929. The third-order valence-electron chi connectivity index (χ3n) is 4.76. The number of hydrogen-bond donors (Lipinski definition) is 3. The number of carbonyl (C=O) groups is 1. The molecule has 2 fully saturated rings. The summed E-state index contributed by atoms with van der Waals surface area (Å²) in [6.45, 7) is 5.63. The molecule has 0 spiro atoms. The van der Waals surface area contributed by atoms with Crippen molar-refractivity contribution in [3.8, 4) is 0 Å². The molecule has 18 heavy (non-hydrogen) atoms. The zero-order chi connectivity index (χ0) is 13.6. The summed E-state index contributed by atoms with van der Waals surface area (Å²) in [5, 5.41) is 13.8. The number of thiol groups is 1. The van der Waals surface area contributed by atoms with E-state index < -0.39 is 5.60 Å². The Kier molecular flexibility index (Phi) is 3.72. The van der Waals surface area contributed by atoms with Gasteiger partial charge in [-0.3, -0.25) is 4.79 Å². The molecule has 5 atom stereocenters. The van der Waals surface area contributed by atoms with E-state index in [0.717, 1.165) is 32.1 Å². The molecule has 1 amide bonds. The van der Waals surface area contributed by atoms with Crippen LogP contribution < -0.4 is 5.32 Å². The van der Waals surface area contributed by atoms with Crippen LogP contribution in [0.25, 0.3) is 0 Å². The normalized spacial score (nSPS) is 48.4. The van der Waals surface area contributed by atoms with Crippen molar-refractivity contribution in [1.82, 2.24) is 5.32 Å². The summed E-state index contributed by atoms with van der Waals surface area (Å²) in [5.74, 6) is 0.736. The van der Waals surface area contributed by atoms with Crippen molar-refractivity contribution in [2.24, 2.45) is 11.8 Å². The Morgan fingerprint density at radius 2 is 2.00 bits per heavy atom. The van der Waals surface area contributed by atoms with Crippen LogP contribution in [0.3, 0.4) is 0 Å². The Morgan fingerprint density at radius 1 is 1.33 bits per heavy atom. The molecule has 0 bridgehead atoms. The monoisotopic (exact) mass is 271 g/mol. The largest absolute Gasteiger partial charge is 0.390 e. The molecule has 3 nitrogen and oxygen atoms in total. The van der Waals surface area contributed by atoms with Crippen LogP contribution in [0.2, 0.25) is 0 Å². The van der Waals surface area contributed by atoms with Gasteiger partial charge in [0, 0.05) is 17.7 Å². The van der Waals surface area contributed by atoms with Crippen LogP contribution in [0.15, 0.2) is 0 Å². The van der Waals surface area contributed by atoms with Gasteiger partial charge in [-0.1, -0.05) is 6.92 Å². The van der Waals surface area contributed by atoms with E-state index in [1.54, 1.807) is 6.92 Å². The Hall–Kier alpha value is -0.220. The minimum atomic E-state index is -0.662. The van der Waals surface area contributed by atoms with Gasteiger partial charge < -0.3 is 10.4 Å². The van der Waals surface area contributed by atoms with Crippen molar-refractivity contribution in [2.45, 2.75) is 69.3 Å². The van der Waals surface area contributed by atoms with Gasteiger partial charge in [0.1, 0.15) is 0 Å². The van der Waals surface area contributed by atoms with Gasteiger partial charge in [0.2, 0.25) is 5.91 Å². The standard InChI is InChI=1S/C14H25NO2S/c1-9(16)15-12-5-4-11-10(12)6-7-13(2,18)8-14(11,3)17/h10-12,17-18H,4-8H2,1-3H3,(H,15,16). The molecule has 0 saturated heterocycles. The van der Waals surface area contributed by atoms with Gasteiger partial charge in [0.05, 0.1) is 5.60 Å². The molecule has 2 rings (SSSR count). The van der Waals surface area contributed by atoms with Crippen LogP contribution in [0.4, 0.5) is 0 Å². The van der Waals surface area contributed by atoms with Crippen molar-refractivity contribution in [3.63, 3.8) is 0 Å². The molecule has 104 valence electrons. The van der Waals surface area contributed by atoms with Gasteiger partial charge in [-0.25, -0.2) is 0 Å². The van der Waals surface area contributed by atoms with Gasteiger partial charge in [0.25, 0.3) is 0 Å². The van der Waals surface area contributed by atoms with E-state index in [2.05, 4.69) is 12.2 Å². The summed E-state index contributed by atoms with van der Waals surface area (Å²) >= 11 is 4.70. The van der Waals surface area contributed by atoms with Gasteiger partial charge in [-0.05, 0) is 50.9 Å². The molecule has 0 aromatic carbocycles. The molecule has 0 aromatic heterocycles. The van der Waals surface area contributed by atoms with Crippen LogP contribution in [0, 0.1) is 11.8 Å². The first-order valence-electron chi connectivity index (χ1n) is 6.93. The van der Waals surface area contributed by atoms with Crippen LogP contribution in [0.1, 0.15) is 52.9 Å². The predicted octanol–water partition coefficient (Wildman–Crippen LogP) is 2.14. The zero-order valence-electron chi connectivity index (χ0n) is 11.6. The van der Waals surface area contributed by atoms with Crippen molar-refractivity contribution < 1.29 is 9.90 Å². The average molecular weight is 271 g/mol. The maximum atomic E-state index is 11.3. The fourth-order valence-corrected chi connectivity index (χ4v) is 4.60. The topological polar surface area (TPSA) is 49.3 Å². The maximum Gasteiger partial charge on any atom is 0.217 e. The molecular weight excluding hydrogens is 246 g/mol. The number of aliphatic hydroxyl groups is 1. The summed E-state index contributed by atoms with van der Waals surface area (Å²) in [4.78, 5) is 11.3. The second-order valence-electron chi connectivity index (χ2n) is 6.72. The molecule has 0 aromatic rings. The number of carbonyl (C=O) groups excluding carboxylic acids is 1. The summed E-state index contributed by atoms with van der Waals surface area (Å²) in [6, 6.07) is 0.237. The van der Waals surface area contributed by atoms with Crippen LogP contribution in [0.5, 0.6) is 0 Å². The minimum Gasteiger partial charge on any atom is -0.390 e. The average Bonchev–Trinajstić information content (AvgIpc) is 2.52. The van der Waals surface area contributed by atoms with Crippen LogP contribution in [-0.2, 0) is 4.79 Å². The van der Waals surface area contributed by atoms with E-state index in [-0.39, 0.29) is 16.7 Å². The summed E-state index contributed by atoms with van der Waals surface area (Å²) in [7, 11) is 0. The first-order valence-corrected chi connectivity index (χ1v) is 7.38. The lowest BCUT2D eigenvalue weighted by molar-refractivity contribution is -0.120. The van der Waals surface area contributed by atoms with Crippen LogP contribution in [-0.4, -0.2) is 27.4 Å². The van der Waals surface area contributed by atoms with E-state index >= 15 is 0 Å². The molecule has 0 aliphatic heterocycles. The lowest BCUT2D eigenvalue weighted by atomic mass is 9.78. The molecule has 4 heteroatoms. The summed E-state index contributed by atoms with van der Waals surface area (Å²) in [6.07, 6.45) is 4.78. The molecule has 5 unspecified atom stereocenters. The number of hydrogen-bond acceptors (Lipinski definition) is 3. The molecule has 0 radical (unpaired) electrons. The van der Waals surface area contributed by atoms with Crippen molar-refractivity contribution in [1.29, 1.82) is 0 Å². The quantitative estimate of drug-likeness (QED) is 0.640. The molecule has 2 saturated carbocycles. The predicted molar refractivity (Wildman–Crippen MR) is 75.7 cm³/mol. The molecule has 2 N–H and O–H groups in total. The number of nitrogens with one attached hydrogen (secondary N) is 1. The third kappa shape index (κ3) is 2.85. The highest BCUT2D eigenvalue weighted by molar-refractivity contribution is 7.81. The highest BCUT2D eigenvalue weighted by atomic mass is 32.1. The first-order chi connectivity index (χ1) is 8.21.